The Balaban J connectivity index is 2.06. The van der Waals surface area contributed by atoms with E-state index in [-0.39, 0.29) is 17.6 Å². The van der Waals surface area contributed by atoms with Crippen molar-refractivity contribution in [2.24, 2.45) is 0 Å². The van der Waals surface area contributed by atoms with Gasteiger partial charge in [-0.2, -0.15) is 0 Å². The molecular weight excluding hydrogens is 255 g/mol. The zero-order valence-electron chi connectivity index (χ0n) is 11.9. The lowest BCUT2D eigenvalue weighted by Gasteiger charge is -2.15. The van der Waals surface area contributed by atoms with Crippen molar-refractivity contribution >= 4 is 0 Å². The van der Waals surface area contributed by atoms with Crippen LogP contribution in [0.5, 0.6) is 5.75 Å². The third-order valence-corrected chi connectivity index (χ3v) is 3.36. The predicted octanol–water partition coefficient (Wildman–Crippen LogP) is 3.39. The SMILES string of the molecule is Cc1ccc(O)c(CNC(C)c2ccc(C)c(F)c2)n1. The second-order valence-corrected chi connectivity index (χ2v) is 5.03. The Hall–Kier alpha value is -1.94. The zero-order valence-corrected chi connectivity index (χ0v) is 11.9. The van der Waals surface area contributed by atoms with Crippen LogP contribution in [0, 0.1) is 19.7 Å². The number of hydrogen-bond acceptors (Lipinski definition) is 3. The molecule has 1 unspecified atom stereocenters. The van der Waals surface area contributed by atoms with Gasteiger partial charge < -0.3 is 10.4 Å². The van der Waals surface area contributed by atoms with Gasteiger partial charge in [0.05, 0.1) is 5.69 Å². The summed E-state index contributed by atoms with van der Waals surface area (Å²) in [5.41, 5.74) is 2.97. The second-order valence-electron chi connectivity index (χ2n) is 5.03. The molecule has 0 saturated carbocycles. The van der Waals surface area contributed by atoms with Gasteiger partial charge >= 0.3 is 0 Å². The van der Waals surface area contributed by atoms with Crippen molar-refractivity contribution in [3.05, 3.63) is 58.7 Å². The van der Waals surface area contributed by atoms with Gasteiger partial charge in [-0.3, -0.25) is 4.98 Å². The number of pyridine rings is 1. The molecule has 106 valence electrons. The largest absolute Gasteiger partial charge is 0.506 e. The average Bonchev–Trinajstić information content (AvgIpc) is 2.42. The van der Waals surface area contributed by atoms with Crippen LogP contribution < -0.4 is 5.32 Å². The molecule has 2 aromatic rings. The molecule has 1 heterocycles. The van der Waals surface area contributed by atoms with Crippen LogP contribution in [0.1, 0.15) is 35.5 Å². The third-order valence-electron chi connectivity index (χ3n) is 3.36. The van der Waals surface area contributed by atoms with Gasteiger partial charge in [0.1, 0.15) is 11.6 Å². The lowest BCUT2D eigenvalue weighted by molar-refractivity contribution is 0.454. The molecular formula is C16H19FN2O. The van der Waals surface area contributed by atoms with E-state index in [1.54, 1.807) is 25.1 Å². The number of halogens is 1. The van der Waals surface area contributed by atoms with Crippen LogP contribution in [-0.4, -0.2) is 10.1 Å². The molecule has 1 aromatic carbocycles. The quantitative estimate of drug-likeness (QED) is 0.898. The highest BCUT2D eigenvalue weighted by atomic mass is 19.1. The number of aryl methyl sites for hydroxylation is 2. The smallest absolute Gasteiger partial charge is 0.138 e. The fourth-order valence-electron chi connectivity index (χ4n) is 1.98. The number of hydrogen-bond donors (Lipinski definition) is 2. The molecule has 1 aromatic heterocycles. The standard InChI is InChI=1S/C16H19FN2O/c1-10-4-6-13(8-14(10)17)12(3)18-9-15-16(20)7-5-11(2)19-15/h4-8,12,18,20H,9H2,1-3H3. The van der Waals surface area contributed by atoms with E-state index in [2.05, 4.69) is 10.3 Å². The number of aromatic hydroxyl groups is 1. The number of rotatable bonds is 4. The Kier molecular flexibility index (Phi) is 4.35. The van der Waals surface area contributed by atoms with E-state index >= 15 is 0 Å². The minimum Gasteiger partial charge on any atom is -0.506 e. The van der Waals surface area contributed by atoms with E-state index in [0.29, 0.717) is 17.8 Å². The number of nitrogens with zero attached hydrogens (tertiary/aromatic N) is 1. The highest BCUT2D eigenvalue weighted by molar-refractivity contribution is 5.28. The van der Waals surface area contributed by atoms with Crippen LogP contribution in [0.4, 0.5) is 4.39 Å². The Morgan fingerprint density at radius 2 is 2.00 bits per heavy atom. The van der Waals surface area contributed by atoms with E-state index in [4.69, 9.17) is 0 Å². The lowest BCUT2D eigenvalue weighted by atomic mass is 10.1. The molecule has 0 fully saturated rings. The Labute approximate surface area is 118 Å². The van der Waals surface area contributed by atoms with Gasteiger partial charge in [0, 0.05) is 18.3 Å². The highest BCUT2D eigenvalue weighted by Crippen LogP contribution is 2.19. The fraction of sp³-hybridized carbons (Fsp3) is 0.312. The Morgan fingerprint density at radius 1 is 1.25 bits per heavy atom. The van der Waals surface area contributed by atoms with Gasteiger partial charge in [-0.05, 0) is 50.1 Å². The molecule has 0 saturated heterocycles. The number of aromatic nitrogens is 1. The second kappa shape index (κ2) is 6.01. The summed E-state index contributed by atoms with van der Waals surface area (Å²) in [6.45, 7) is 6.01. The number of benzene rings is 1. The summed E-state index contributed by atoms with van der Waals surface area (Å²) in [6, 6.07) is 8.58. The molecule has 0 amide bonds. The van der Waals surface area contributed by atoms with E-state index in [0.717, 1.165) is 11.3 Å². The summed E-state index contributed by atoms with van der Waals surface area (Å²) >= 11 is 0. The van der Waals surface area contributed by atoms with Gasteiger partial charge in [0.15, 0.2) is 0 Å². The van der Waals surface area contributed by atoms with Gasteiger partial charge in [-0.1, -0.05) is 12.1 Å². The third kappa shape index (κ3) is 3.33. The first-order chi connectivity index (χ1) is 9.47. The summed E-state index contributed by atoms with van der Waals surface area (Å²) in [5.74, 6) is -0.0296. The molecule has 0 aliphatic rings. The average molecular weight is 274 g/mol. The summed E-state index contributed by atoms with van der Waals surface area (Å²) in [7, 11) is 0. The van der Waals surface area contributed by atoms with Crippen molar-refractivity contribution < 1.29 is 9.50 Å². The van der Waals surface area contributed by atoms with E-state index in [1.165, 1.54) is 6.07 Å². The van der Waals surface area contributed by atoms with Crippen molar-refractivity contribution in [3.63, 3.8) is 0 Å². The molecule has 0 radical (unpaired) electrons. The molecule has 2 rings (SSSR count). The molecule has 4 heteroatoms. The lowest BCUT2D eigenvalue weighted by Crippen LogP contribution is -2.19. The molecule has 0 spiro atoms. The van der Waals surface area contributed by atoms with Crippen LogP contribution in [0.3, 0.4) is 0 Å². The highest BCUT2D eigenvalue weighted by Gasteiger charge is 2.09. The molecule has 0 bridgehead atoms. The van der Waals surface area contributed by atoms with Crippen molar-refractivity contribution in [1.82, 2.24) is 10.3 Å². The normalized spacial score (nSPS) is 12.4. The summed E-state index contributed by atoms with van der Waals surface area (Å²) in [4.78, 5) is 4.28. The minimum absolute atomic E-state index is 0.0215. The van der Waals surface area contributed by atoms with Crippen molar-refractivity contribution in [2.75, 3.05) is 0 Å². The summed E-state index contributed by atoms with van der Waals surface area (Å²) in [6.07, 6.45) is 0. The van der Waals surface area contributed by atoms with Crippen LogP contribution in [0.15, 0.2) is 30.3 Å². The van der Waals surface area contributed by atoms with Gasteiger partial charge in [0.25, 0.3) is 0 Å². The maximum Gasteiger partial charge on any atom is 0.138 e. The summed E-state index contributed by atoms with van der Waals surface area (Å²) < 4.78 is 13.5. The first kappa shape index (κ1) is 14.5. The van der Waals surface area contributed by atoms with Gasteiger partial charge in [-0.15, -0.1) is 0 Å². The summed E-state index contributed by atoms with van der Waals surface area (Å²) in [5, 5.41) is 13.0. The van der Waals surface area contributed by atoms with Crippen LogP contribution >= 0.6 is 0 Å². The topological polar surface area (TPSA) is 45.1 Å². The van der Waals surface area contributed by atoms with E-state index in [9.17, 15) is 9.50 Å². The predicted molar refractivity (Wildman–Crippen MR) is 77.0 cm³/mol. The van der Waals surface area contributed by atoms with Crippen molar-refractivity contribution in [3.8, 4) is 5.75 Å². The van der Waals surface area contributed by atoms with E-state index < -0.39 is 0 Å². The Morgan fingerprint density at radius 3 is 2.70 bits per heavy atom. The van der Waals surface area contributed by atoms with Crippen LogP contribution in [0.25, 0.3) is 0 Å². The van der Waals surface area contributed by atoms with Crippen LogP contribution in [0.2, 0.25) is 0 Å². The Bertz CT molecular complexity index is 613. The maximum atomic E-state index is 13.5. The molecule has 2 N–H and O–H groups in total. The van der Waals surface area contributed by atoms with Crippen molar-refractivity contribution in [1.29, 1.82) is 0 Å². The number of nitrogens with one attached hydrogen (secondary N) is 1. The molecule has 0 aliphatic heterocycles. The van der Waals surface area contributed by atoms with Crippen LogP contribution in [-0.2, 0) is 6.54 Å². The monoisotopic (exact) mass is 274 g/mol. The molecule has 0 aliphatic carbocycles. The molecule has 3 nitrogen and oxygen atoms in total. The first-order valence-electron chi connectivity index (χ1n) is 6.62. The van der Waals surface area contributed by atoms with E-state index in [1.807, 2.05) is 19.9 Å². The minimum atomic E-state index is -0.201. The van der Waals surface area contributed by atoms with Crippen molar-refractivity contribution in [2.45, 2.75) is 33.4 Å². The van der Waals surface area contributed by atoms with Gasteiger partial charge in [0.2, 0.25) is 0 Å². The molecule has 1 atom stereocenters. The fourth-order valence-corrected chi connectivity index (χ4v) is 1.98. The van der Waals surface area contributed by atoms with Gasteiger partial charge in [-0.25, -0.2) is 4.39 Å². The maximum absolute atomic E-state index is 13.5. The molecule has 20 heavy (non-hydrogen) atoms. The zero-order chi connectivity index (χ0) is 14.7. The first-order valence-corrected chi connectivity index (χ1v) is 6.62.